The van der Waals surface area contributed by atoms with Gasteiger partial charge in [0, 0.05) is 37.9 Å². The lowest BCUT2D eigenvalue weighted by molar-refractivity contribution is -0.142. The van der Waals surface area contributed by atoms with E-state index in [1.807, 2.05) is 0 Å². The molecule has 0 aromatic carbocycles. The highest BCUT2D eigenvalue weighted by atomic mass is 16.5. The Balaban J connectivity index is 1.57. The number of hydrogen-bond acceptors (Lipinski definition) is 9. The number of aliphatic hydroxyl groups is 4. The van der Waals surface area contributed by atoms with Crippen LogP contribution in [0.1, 0.15) is 122 Å². The van der Waals surface area contributed by atoms with Crippen molar-refractivity contribution in [2.45, 2.75) is 153 Å². The molecule has 5 rings (SSSR count). The molecule has 6 unspecified atom stereocenters. The molecule has 9 nitrogen and oxygen atoms in total. The molecule has 7 N–H and O–H groups in total. The van der Waals surface area contributed by atoms with Crippen LogP contribution in [0.15, 0.2) is 0 Å². The highest BCUT2D eigenvalue weighted by Crippen LogP contribution is 2.47. The maximum atomic E-state index is 14.4. The van der Waals surface area contributed by atoms with Gasteiger partial charge in [-0.3, -0.25) is 9.59 Å². The summed E-state index contributed by atoms with van der Waals surface area (Å²) in [5, 5.41) is 47.1. The fourth-order valence-corrected chi connectivity index (χ4v) is 11.2. The molecule has 0 bridgehead atoms. The van der Waals surface area contributed by atoms with Crippen LogP contribution in [-0.2, 0) is 14.3 Å². The smallest absolute Gasteiger partial charge is 0.173 e. The lowest BCUT2D eigenvalue weighted by Crippen LogP contribution is -2.45. The van der Waals surface area contributed by atoms with E-state index in [2.05, 4.69) is 24.1 Å². The second kappa shape index (κ2) is 19.1. The van der Waals surface area contributed by atoms with E-state index in [1.54, 1.807) is 7.11 Å². The van der Waals surface area contributed by atoms with Crippen LogP contribution in [0.25, 0.3) is 0 Å². The number of nitrogens with two attached hydrogens (primary N) is 1. The number of carbonyl (C=O) groups is 2. The van der Waals surface area contributed by atoms with Crippen LogP contribution in [0, 0.1) is 71.0 Å². The van der Waals surface area contributed by atoms with Crippen molar-refractivity contribution in [2.24, 2.45) is 64.9 Å². The van der Waals surface area contributed by atoms with Gasteiger partial charge >= 0.3 is 0 Å². The molecule has 5 aliphatic rings. The molecule has 50 heavy (non-hydrogen) atoms. The Labute approximate surface area is 301 Å². The monoisotopic (exact) mass is 701 g/mol. The molecule has 0 spiro atoms. The number of hydrogen-bond donors (Lipinski definition) is 6. The predicted molar refractivity (Wildman–Crippen MR) is 193 cm³/mol. The van der Waals surface area contributed by atoms with Gasteiger partial charge in [-0.25, -0.2) is 0 Å². The van der Waals surface area contributed by atoms with E-state index in [9.17, 15) is 30.0 Å². The number of Topliss-reactive ketones (excluding diaryl/α,β-unsaturated/α-hetero) is 2. The minimum Gasteiger partial charge on any atom is -0.396 e. The summed E-state index contributed by atoms with van der Waals surface area (Å²) in [6.45, 7) is 2.89. The number of rotatable bonds is 10. The molecule has 0 radical (unpaired) electrons. The molecule has 14 atom stereocenters. The number of carbonyl (C=O) groups excluding carboxylic acids is 2. The van der Waals surface area contributed by atoms with Crippen LogP contribution >= 0.6 is 0 Å². The maximum absolute atomic E-state index is 14.4. The Morgan fingerprint density at radius 2 is 1.70 bits per heavy atom. The van der Waals surface area contributed by atoms with Crippen molar-refractivity contribution < 1.29 is 34.8 Å². The van der Waals surface area contributed by atoms with E-state index in [4.69, 9.17) is 10.5 Å². The number of nitrogens with one attached hydrogen (secondary N) is 1. The number of piperidine rings is 1. The molecule has 4 fully saturated rings. The fraction of sp³-hybridized carbons (Fsp3) is 0.902. The number of ether oxygens (including phenoxy) is 1. The van der Waals surface area contributed by atoms with E-state index in [1.165, 1.54) is 19.3 Å². The molecule has 9 heteroatoms. The van der Waals surface area contributed by atoms with Gasteiger partial charge < -0.3 is 36.2 Å². The van der Waals surface area contributed by atoms with Gasteiger partial charge in [-0.15, -0.1) is 0 Å². The topological polar surface area (TPSA) is 162 Å². The average molecular weight is 701 g/mol. The van der Waals surface area contributed by atoms with Gasteiger partial charge in [-0.05, 0) is 131 Å². The van der Waals surface area contributed by atoms with Crippen molar-refractivity contribution in [3.63, 3.8) is 0 Å². The first-order chi connectivity index (χ1) is 24.1. The van der Waals surface area contributed by atoms with Crippen LogP contribution in [0.2, 0.25) is 0 Å². The number of ketones is 2. The third-order valence-electron chi connectivity index (χ3n) is 13.8. The minimum atomic E-state index is -1.68. The van der Waals surface area contributed by atoms with Gasteiger partial charge in [0.15, 0.2) is 17.7 Å². The van der Waals surface area contributed by atoms with Gasteiger partial charge in [-0.1, -0.05) is 44.4 Å². The molecular weight excluding hydrogens is 632 g/mol. The lowest BCUT2D eigenvalue weighted by atomic mass is 9.63. The van der Waals surface area contributed by atoms with Gasteiger partial charge in [0.2, 0.25) is 0 Å². The van der Waals surface area contributed by atoms with Crippen molar-refractivity contribution in [3.8, 4) is 11.8 Å². The van der Waals surface area contributed by atoms with E-state index >= 15 is 0 Å². The van der Waals surface area contributed by atoms with Gasteiger partial charge in [0.25, 0.3) is 0 Å². The normalized spacial score (nSPS) is 40.5. The van der Waals surface area contributed by atoms with Crippen LogP contribution < -0.4 is 11.1 Å². The highest BCUT2D eigenvalue weighted by Gasteiger charge is 2.46. The van der Waals surface area contributed by atoms with Crippen LogP contribution in [0.3, 0.4) is 0 Å². The molecule has 0 aromatic rings. The third-order valence-corrected chi connectivity index (χ3v) is 13.8. The van der Waals surface area contributed by atoms with Crippen LogP contribution in [-0.4, -0.2) is 82.8 Å². The molecule has 0 amide bonds. The maximum Gasteiger partial charge on any atom is 0.173 e. The Morgan fingerprint density at radius 1 is 0.920 bits per heavy atom. The van der Waals surface area contributed by atoms with E-state index in [0.29, 0.717) is 43.9 Å². The quantitative estimate of drug-likeness (QED) is 0.144. The molecule has 0 aromatic heterocycles. The van der Waals surface area contributed by atoms with Crippen molar-refractivity contribution in [1.29, 1.82) is 0 Å². The molecule has 1 aliphatic heterocycles. The minimum absolute atomic E-state index is 0.00541. The predicted octanol–water partition coefficient (Wildman–Crippen LogP) is 4.36. The number of aliphatic hydroxyl groups excluding tert-OH is 4. The van der Waals surface area contributed by atoms with Gasteiger partial charge in [-0.2, -0.15) is 0 Å². The van der Waals surface area contributed by atoms with Crippen LogP contribution in [0.5, 0.6) is 0 Å². The summed E-state index contributed by atoms with van der Waals surface area (Å²) in [6.07, 6.45) is 11.3. The summed E-state index contributed by atoms with van der Waals surface area (Å²) in [4.78, 5) is 28.1. The first-order valence-corrected chi connectivity index (χ1v) is 20.4. The third kappa shape index (κ3) is 9.98. The molecule has 1 heterocycles. The van der Waals surface area contributed by atoms with E-state index < -0.39 is 35.8 Å². The fourth-order valence-electron chi connectivity index (χ4n) is 11.2. The standard InChI is InChI=1S/C41H68N2O7/c1-3-7-32(35(45)15-17-44)30-20-26(18-25-14-16-43-39(42)21-25)19-28-10-12-31(27-8-5-4-6-9-27)33-24-37(47)38(50-2)23-29(33)11-13-36(46)41(49)40(48)34(28)22-30/h25-35,37-39,41,43-45,47,49H,3-9,11,13-24,42H2,1-2H3/t25?,26-,28-,29?,30-,31+,32-,33?,34-,35+,37?,38?,39?,41-/m0/s1. The second-order valence-electron chi connectivity index (χ2n) is 17.0. The van der Waals surface area contributed by atoms with Crippen molar-refractivity contribution in [3.05, 3.63) is 0 Å². The largest absolute Gasteiger partial charge is 0.396 e. The lowest BCUT2D eigenvalue weighted by Gasteiger charge is -2.44. The van der Waals surface area contributed by atoms with Crippen molar-refractivity contribution >= 4 is 11.6 Å². The first-order valence-electron chi connectivity index (χ1n) is 20.4. The SMILES string of the molecule is CCC[C@@H]([C@H]1C[C@@H](CC2CCNC(N)C2)C[C@@H]2C#C[C@H](C3CCCCC3)C3CC(O)C(OC)CC3CCC(=O)[C@H](O)C(=O)[C@H]2C1)[C@H](O)CCO. The Morgan fingerprint density at radius 3 is 2.40 bits per heavy atom. The summed E-state index contributed by atoms with van der Waals surface area (Å²) in [7, 11) is 1.64. The Bertz CT molecular complexity index is 1150. The Kier molecular flexibility index (Phi) is 15.2. The van der Waals surface area contributed by atoms with E-state index in [-0.39, 0.29) is 66.7 Å². The zero-order chi connectivity index (χ0) is 35.8. The van der Waals surface area contributed by atoms with Crippen molar-refractivity contribution in [2.75, 3.05) is 20.3 Å². The summed E-state index contributed by atoms with van der Waals surface area (Å²) in [5.41, 5.74) is 6.35. The molecular formula is C41H68N2O7. The summed E-state index contributed by atoms with van der Waals surface area (Å²) in [5.74, 6) is 7.20. The van der Waals surface area contributed by atoms with Gasteiger partial charge in [0.1, 0.15) is 0 Å². The number of methoxy groups -OCH3 is 1. The first kappa shape index (κ1) is 39.8. The Hall–Kier alpha value is -1.38. The van der Waals surface area contributed by atoms with Crippen LogP contribution in [0.4, 0.5) is 0 Å². The number of fused-ring (bicyclic) bond motifs is 2. The molecule has 1 saturated heterocycles. The van der Waals surface area contributed by atoms with Gasteiger partial charge in [0.05, 0.1) is 24.5 Å². The summed E-state index contributed by atoms with van der Waals surface area (Å²) < 4.78 is 5.70. The molecule has 284 valence electrons. The van der Waals surface area contributed by atoms with E-state index in [0.717, 1.165) is 64.3 Å². The highest BCUT2D eigenvalue weighted by molar-refractivity contribution is 6.06. The second-order valence-corrected chi connectivity index (χ2v) is 17.0. The zero-order valence-corrected chi connectivity index (χ0v) is 30.9. The summed E-state index contributed by atoms with van der Waals surface area (Å²) in [6, 6.07) is 0. The summed E-state index contributed by atoms with van der Waals surface area (Å²) >= 11 is 0. The zero-order valence-electron chi connectivity index (χ0n) is 30.9. The molecule has 4 aliphatic carbocycles. The average Bonchev–Trinajstić information content (AvgIpc) is 3.28. The van der Waals surface area contributed by atoms with Crippen molar-refractivity contribution in [1.82, 2.24) is 5.32 Å². The molecule has 3 saturated carbocycles.